The van der Waals surface area contributed by atoms with Crippen molar-refractivity contribution >= 4 is 29.7 Å². The Bertz CT molecular complexity index is 832. The van der Waals surface area contributed by atoms with Crippen LogP contribution in [0, 0.1) is 0 Å². The number of nitrogens with zero attached hydrogens (tertiary/aromatic N) is 4. The summed E-state index contributed by atoms with van der Waals surface area (Å²) in [4.78, 5) is 36.3. The third-order valence-corrected chi connectivity index (χ3v) is 5.37. The molecule has 26 heavy (non-hydrogen) atoms. The number of benzene rings is 1. The zero-order chi connectivity index (χ0) is 18.1. The van der Waals surface area contributed by atoms with Crippen LogP contribution in [0.3, 0.4) is 0 Å². The van der Waals surface area contributed by atoms with Crippen molar-refractivity contribution in [1.29, 1.82) is 0 Å². The molecule has 4 rings (SSSR count). The summed E-state index contributed by atoms with van der Waals surface area (Å²) < 4.78 is 0. The van der Waals surface area contributed by atoms with E-state index in [1.807, 2.05) is 24.3 Å². The van der Waals surface area contributed by atoms with Crippen LogP contribution in [0.15, 0.2) is 30.5 Å². The number of carbonyl (C=O) groups is 2. The maximum atomic E-state index is 12.5. The van der Waals surface area contributed by atoms with Crippen molar-refractivity contribution < 1.29 is 9.59 Å². The summed E-state index contributed by atoms with van der Waals surface area (Å²) in [5.41, 5.74) is 2.54. The lowest BCUT2D eigenvalue weighted by atomic mass is 9.82. The fourth-order valence-corrected chi connectivity index (χ4v) is 3.71. The number of carbonyl (C=O) groups excluding carboxylic acids is 2. The first kappa shape index (κ1) is 17.0. The summed E-state index contributed by atoms with van der Waals surface area (Å²) in [5, 5.41) is 0.690. The van der Waals surface area contributed by atoms with E-state index in [0.717, 1.165) is 17.7 Å². The molecule has 2 aromatic rings. The normalized spacial score (nSPS) is 20.0. The number of fused-ring (bicyclic) bond motifs is 1. The molecule has 1 saturated heterocycles. The first-order chi connectivity index (χ1) is 12.6. The minimum atomic E-state index is 0.0866. The maximum Gasteiger partial charge on any atom is 0.225 e. The van der Waals surface area contributed by atoms with Crippen LogP contribution in [-0.4, -0.2) is 53.2 Å². The van der Waals surface area contributed by atoms with E-state index in [0.29, 0.717) is 55.6 Å². The number of Topliss-reactive ketones (excluding diaryl/α,β-unsaturated/α-hetero) is 1. The van der Waals surface area contributed by atoms with Gasteiger partial charge in [-0.2, -0.15) is 0 Å². The lowest BCUT2D eigenvalue weighted by Gasteiger charge is -2.33. The number of rotatable bonds is 3. The van der Waals surface area contributed by atoms with Gasteiger partial charge in [0.25, 0.3) is 0 Å². The third-order valence-electron chi connectivity index (χ3n) is 5.11. The van der Waals surface area contributed by atoms with Gasteiger partial charge in [0.2, 0.25) is 12.4 Å². The molecule has 6 nitrogen and oxygen atoms in total. The van der Waals surface area contributed by atoms with E-state index >= 15 is 0 Å². The molecule has 2 heterocycles. The molecular weight excluding hydrogens is 352 g/mol. The SMILES string of the molecule is O=CN1CCN(c2ncc3c(n2)C[C@@H](c2ccc(Cl)cc2)CC3=O)CC1. The van der Waals surface area contributed by atoms with E-state index in [1.54, 1.807) is 11.1 Å². The van der Waals surface area contributed by atoms with Gasteiger partial charge < -0.3 is 9.80 Å². The van der Waals surface area contributed by atoms with Gasteiger partial charge in [-0.05, 0) is 30.0 Å². The lowest BCUT2D eigenvalue weighted by molar-refractivity contribution is -0.118. The molecule has 0 spiro atoms. The Morgan fingerprint density at radius 2 is 1.81 bits per heavy atom. The molecule has 1 aromatic heterocycles. The van der Waals surface area contributed by atoms with Crippen LogP contribution in [0.25, 0.3) is 0 Å². The van der Waals surface area contributed by atoms with Gasteiger partial charge in [-0.3, -0.25) is 9.59 Å². The molecule has 0 N–H and O–H groups in total. The van der Waals surface area contributed by atoms with Crippen molar-refractivity contribution in [3.8, 4) is 0 Å². The molecule has 2 aliphatic rings. The molecule has 1 aliphatic carbocycles. The number of anilines is 1. The van der Waals surface area contributed by atoms with Gasteiger partial charge in [0.05, 0.1) is 11.3 Å². The number of aromatic nitrogens is 2. The monoisotopic (exact) mass is 370 g/mol. The highest BCUT2D eigenvalue weighted by Crippen LogP contribution is 2.32. The van der Waals surface area contributed by atoms with Crippen molar-refractivity contribution in [3.63, 3.8) is 0 Å². The van der Waals surface area contributed by atoms with Crippen molar-refractivity contribution in [1.82, 2.24) is 14.9 Å². The molecule has 1 aliphatic heterocycles. The highest BCUT2D eigenvalue weighted by atomic mass is 35.5. The van der Waals surface area contributed by atoms with Gasteiger partial charge in [0.15, 0.2) is 5.78 Å². The lowest BCUT2D eigenvalue weighted by Crippen LogP contribution is -2.46. The van der Waals surface area contributed by atoms with Crippen LogP contribution in [-0.2, 0) is 11.2 Å². The summed E-state index contributed by atoms with van der Waals surface area (Å²) in [6.07, 6.45) is 3.71. The molecule has 0 saturated carbocycles. The number of amides is 1. The number of hydrogen-bond donors (Lipinski definition) is 0. The first-order valence-corrected chi connectivity index (χ1v) is 9.10. The molecule has 0 radical (unpaired) electrons. The van der Waals surface area contributed by atoms with Gasteiger partial charge >= 0.3 is 0 Å². The Morgan fingerprint density at radius 3 is 2.50 bits per heavy atom. The van der Waals surface area contributed by atoms with Gasteiger partial charge in [-0.25, -0.2) is 9.97 Å². The van der Waals surface area contributed by atoms with E-state index < -0.39 is 0 Å². The number of hydrogen-bond acceptors (Lipinski definition) is 5. The summed E-state index contributed by atoms with van der Waals surface area (Å²) in [7, 11) is 0. The van der Waals surface area contributed by atoms with Gasteiger partial charge in [0.1, 0.15) is 0 Å². The summed E-state index contributed by atoms with van der Waals surface area (Å²) in [6.45, 7) is 2.73. The van der Waals surface area contributed by atoms with Gasteiger partial charge in [0, 0.05) is 43.8 Å². The van der Waals surface area contributed by atoms with Crippen LogP contribution < -0.4 is 4.90 Å². The first-order valence-electron chi connectivity index (χ1n) is 8.73. The molecule has 1 aromatic carbocycles. The smallest absolute Gasteiger partial charge is 0.225 e. The summed E-state index contributed by atoms with van der Waals surface area (Å²) >= 11 is 5.97. The quantitative estimate of drug-likeness (QED) is 0.776. The topological polar surface area (TPSA) is 66.4 Å². The highest BCUT2D eigenvalue weighted by Gasteiger charge is 2.29. The predicted octanol–water partition coefficient (Wildman–Crippen LogP) is 2.32. The van der Waals surface area contributed by atoms with Crippen LogP contribution in [0.1, 0.15) is 34.0 Å². The van der Waals surface area contributed by atoms with Crippen LogP contribution in [0.2, 0.25) is 5.02 Å². The molecule has 0 unspecified atom stereocenters. The van der Waals surface area contributed by atoms with Crippen molar-refractivity contribution in [2.45, 2.75) is 18.8 Å². The second kappa shape index (κ2) is 7.03. The van der Waals surface area contributed by atoms with Crippen molar-refractivity contribution in [3.05, 3.63) is 52.3 Å². The zero-order valence-corrected chi connectivity index (χ0v) is 15.0. The molecule has 0 bridgehead atoms. The number of halogens is 1. The molecular formula is C19H19ClN4O2. The van der Waals surface area contributed by atoms with E-state index in [4.69, 9.17) is 16.6 Å². The van der Waals surface area contributed by atoms with E-state index in [2.05, 4.69) is 9.88 Å². The van der Waals surface area contributed by atoms with Crippen LogP contribution in [0.5, 0.6) is 0 Å². The number of piperazine rings is 1. The zero-order valence-electron chi connectivity index (χ0n) is 14.3. The second-order valence-electron chi connectivity index (χ2n) is 6.74. The number of ketones is 1. The third kappa shape index (κ3) is 3.29. The minimum Gasteiger partial charge on any atom is -0.342 e. The van der Waals surface area contributed by atoms with Crippen molar-refractivity contribution in [2.24, 2.45) is 0 Å². The highest BCUT2D eigenvalue weighted by molar-refractivity contribution is 6.30. The Morgan fingerprint density at radius 1 is 1.08 bits per heavy atom. The van der Waals surface area contributed by atoms with E-state index in [1.165, 1.54) is 0 Å². The van der Waals surface area contributed by atoms with Gasteiger partial charge in [-0.1, -0.05) is 23.7 Å². The van der Waals surface area contributed by atoms with Crippen LogP contribution >= 0.6 is 11.6 Å². The summed E-state index contributed by atoms with van der Waals surface area (Å²) in [6, 6.07) is 7.67. The second-order valence-corrected chi connectivity index (χ2v) is 7.18. The van der Waals surface area contributed by atoms with Crippen LogP contribution in [0.4, 0.5) is 5.95 Å². The average Bonchev–Trinajstić information content (AvgIpc) is 2.68. The van der Waals surface area contributed by atoms with Gasteiger partial charge in [-0.15, -0.1) is 0 Å². The standard InChI is InChI=1S/C19H19ClN4O2/c20-15-3-1-13(2-4-15)14-9-17-16(18(26)10-14)11-21-19(22-17)24-7-5-23(12-25)6-8-24/h1-4,11-12,14H,5-10H2/t14-/m1/s1. The molecule has 1 amide bonds. The fourth-order valence-electron chi connectivity index (χ4n) is 3.58. The van der Waals surface area contributed by atoms with Crippen molar-refractivity contribution in [2.75, 3.05) is 31.1 Å². The van der Waals surface area contributed by atoms with E-state index in [-0.39, 0.29) is 11.7 Å². The Hall–Kier alpha value is -2.47. The Labute approximate surface area is 156 Å². The van der Waals surface area contributed by atoms with E-state index in [9.17, 15) is 9.59 Å². The molecule has 1 atom stereocenters. The largest absolute Gasteiger partial charge is 0.342 e. The summed E-state index contributed by atoms with van der Waals surface area (Å²) in [5.74, 6) is 0.837. The molecule has 1 fully saturated rings. The average molecular weight is 371 g/mol. The Balaban J connectivity index is 1.57. The maximum absolute atomic E-state index is 12.5. The predicted molar refractivity (Wildman–Crippen MR) is 98.7 cm³/mol. The molecule has 7 heteroatoms. The molecule has 134 valence electrons. The Kier molecular flexibility index (Phi) is 4.59. The minimum absolute atomic E-state index is 0.0866. The fraction of sp³-hybridized carbons (Fsp3) is 0.368.